The molecule has 2 atom stereocenters. The molecule has 0 spiro atoms. The van der Waals surface area contributed by atoms with Crippen molar-refractivity contribution in [3.63, 3.8) is 0 Å². The average molecular weight is 244 g/mol. The maximum absolute atomic E-state index is 9.30. The van der Waals surface area contributed by atoms with Crippen LogP contribution in [0.2, 0.25) is 0 Å². The minimum atomic E-state index is -0.556. The van der Waals surface area contributed by atoms with Crippen molar-refractivity contribution in [2.45, 2.75) is 50.7 Å². The van der Waals surface area contributed by atoms with E-state index in [1.54, 1.807) is 4.68 Å². The van der Waals surface area contributed by atoms with Crippen molar-refractivity contribution in [2.75, 3.05) is 0 Å². The zero-order valence-corrected chi connectivity index (χ0v) is 10.6. The van der Waals surface area contributed by atoms with Crippen LogP contribution in [0.5, 0.6) is 0 Å². The summed E-state index contributed by atoms with van der Waals surface area (Å²) in [5, 5.41) is 25.4. The fourth-order valence-corrected chi connectivity index (χ4v) is 2.04. The van der Waals surface area contributed by atoms with Gasteiger partial charge < -0.3 is 0 Å². The fourth-order valence-electron chi connectivity index (χ4n) is 2.04. The van der Waals surface area contributed by atoms with Crippen LogP contribution >= 0.6 is 0 Å². The van der Waals surface area contributed by atoms with Crippen molar-refractivity contribution >= 4 is 0 Å². The summed E-state index contributed by atoms with van der Waals surface area (Å²) in [7, 11) is 0. The number of hydrogen-bond donors (Lipinski definition) is 1. The number of nitriles is 2. The van der Waals surface area contributed by atoms with Crippen LogP contribution < -0.4 is 5.32 Å². The molecule has 2 rings (SSSR count). The summed E-state index contributed by atoms with van der Waals surface area (Å²) in [6.45, 7) is 3.88. The van der Waals surface area contributed by atoms with Crippen LogP contribution in [-0.2, 0) is 0 Å². The number of aromatic nitrogens is 3. The summed E-state index contributed by atoms with van der Waals surface area (Å²) in [4.78, 5) is 3.87. The first kappa shape index (κ1) is 12.5. The standard InChI is InChI=1S/C12H16N6/c1-9(18-8-15-11(6-13)17-18)5-12(2,7-14)16-10-3-4-10/h8-10,16H,3-5H2,1-2H3. The largest absolute Gasteiger partial charge is 0.297 e. The number of rotatable bonds is 5. The lowest BCUT2D eigenvalue weighted by atomic mass is 9.95. The fraction of sp³-hybridized carbons (Fsp3) is 0.667. The van der Waals surface area contributed by atoms with Crippen LogP contribution in [0.15, 0.2) is 6.33 Å². The highest BCUT2D eigenvalue weighted by Crippen LogP contribution is 2.26. The second-order valence-electron chi connectivity index (χ2n) is 5.08. The van der Waals surface area contributed by atoms with E-state index in [-0.39, 0.29) is 11.9 Å². The molecule has 1 heterocycles. The second kappa shape index (κ2) is 4.75. The predicted molar refractivity (Wildman–Crippen MR) is 64.2 cm³/mol. The normalized spacial score (nSPS) is 19.6. The quantitative estimate of drug-likeness (QED) is 0.838. The van der Waals surface area contributed by atoms with E-state index < -0.39 is 5.54 Å². The van der Waals surface area contributed by atoms with E-state index in [0.717, 1.165) is 12.8 Å². The van der Waals surface area contributed by atoms with E-state index in [4.69, 9.17) is 5.26 Å². The number of hydrogen-bond acceptors (Lipinski definition) is 5. The maximum Gasteiger partial charge on any atom is 0.252 e. The van der Waals surface area contributed by atoms with Crippen LogP contribution in [0.25, 0.3) is 0 Å². The highest BCUT2D eigenvalue weighted by atomic mass is 15.3. The Bertz CT molecular complexity index is 503. The maximum atomic E-state index is 9.30. The molecule has 6 nitrogen and oxygen atoms in total. The Morgan fingerprint density at radius 2 is 2.33 bits per heavy atom. The summed E-state index contributed by atoms with van der Waals surface area (Å²) >= 11 is 0. The second-order valence-corrected chi connectivity index (χ2v) is 5.08. The molecule has 2 unspecified atom stereocenters. The number of nitrogens with one attached hydrogen (secondary N) is 1. The molecule has 1 saturated carbocycles. The molecule has 1 aliphatic rings. The Hall–Kier alpha value is -1.92. The molecule has 6 heteroatoms. The van der Waals surface area contributed by atoms with Crippen LogP contribution in [0, 0.1) is 22.7 Å². The first-order chi connectivity index (χ1) is 8.56. The third-order valence-electron chi connectivity index (χ3n) is 3.11. The number of nitrogens with zero attached hydrogens (tertiary/aromatic N) is 5. The van der Waals surface area contributed by atoms with Gasteiger partial charge in [0.15, 0.2) is 0 Å². The van der Waals surface area contributed by atoms with Gasteiger partial charge in [0.1, 0.15) is 17.9 Å². The summed E-state index contributed by atoms with van der Waals surface area (Å²) in [6.07, 6.45) is 4.47. The molecule has 18 heavy (non-hydrogen) atoms. The predicted octanol–water partition coefficient (Wildman–Crippen LogP) is 1.14. The van der Waals surface area contributed by atoms with Gasteiger partial charge in [-0.25, -0.2) is 9.67 Å². The van der Waals surface area contributed by atoms with E-state index in [2.05, 4.69) is 21.5 Å². The third-order valence-corrected chi connectivity index (χ3v) is 3.11. The summed E-state index contributed by atoms with van der Waals surface area (Å²) in [6, 6.07) is 4.73. The lowest BCUT2D eigenvalue weighted by Gasteiger charge is -2.26. The minimum Gasteiger partial charge on any atom is -0.297 e. The topological polar surface area (TPSA) is 90.3 Å². The summed E-state index contributed by atoms with van der Waals surface area (Å²) in [5.41, 5.74) is -0.556. The molecular formula is C12H16N6. The van der Waals surface area contributed by atoms with Gasteiger partial charge in [0.2, 0.25) is 0 Å². The van der Waals surface area contributed by atoms with E-state index in [0.29, 0.717) is 12.5 Å². The zero-order chi connectivity index (χ0) is 13.2. The van der Waals surface area contributed by atoms with Gasteiger partial charge >= 0.3 is 0 Å². The van der Waals surface area contributed by atoms with Crippen LogP contribution in [0.1, 0.15) is 45.0 Å². The van der Waals surface area contributed by atoms with Gasteiger partial charge in [-0.2, -0.15) is 10.5 Å². The smallest absolute Gasteiger partial charge is 0.252 e. The molecule has 1 fully saturated rings. The Kier molecular flexibility index (Phi) is 3.31. The van der Waals surface area contributed by atoms with E-state index in [1.165, 1.54) is 6.33 Å². The zero-order valence-electron chi connectivity index (χ0n) is 10.6. The molecule has 94 valence electrons. The van der Waals surface area contributed by atoms with E-state index >= 15 is 0 Å². The molecule has 0 aliphatic heterocycles. The van der Waals surface area contributed by atoms with Crippen molar-refractivity contribution in [2.24, 2.45) is 0 Å². The van der Waals surface area contributed by atoms with Crippen LogP contribution in [0.3, 0.4) is 0 Å². The summed E-state index contributed by atoms with van der Waals surface area (Å²) < 4.78 is 1.64. The van der Waals surface area contributed by atoms with Crippen molar-refractivity contribution in [3.05, 3.63) is 12.2 Å². The molecular weight excluding hydrogens is 228 g/mol. The Labute approximate surface area is 106 Å². The first-order valence-corrected chi connectivity index (χ1v) is 6.06. The van der Waals surface area contributed by atoms with Crippen LogP contribution in [0.4, 0.5) is 0 Å². The Morgan fingerprint density at radius 3 is 2.83 bits per heavy atom. The van der Waals surface area contributed by atoms with Gasteiger partial charge in [0.05, 0.1) is 12.1 Å². The van der Waals surface area contributed by atoms with E-state index in [9.17, 15) is 5.26 Å². The van der Waals surface area contributed by atoms with Crippen molar-refractivity contribution in [1.82, 2.24) is 20.1 Å². The van der Waals surface area contributed by atoms with Crippen molar-refractivity contribution in [3.8, 4) is 12.1 Å². The molecule has 1 N–H and O–H groups in total. The summed E-state index contributed by atoms with van der Waals surface area (Å²) in [5.74, 6) is 0.163. The molecule has 0 radical (unpaired) electrons. The van der Waals surface area contributed by atoms with E-state index in [1.807, 2.05) is 19.9 Å². The minimum absolute atomic E-state index is 0.0236. The van der Waals surface area contributed by atoms with Crippen LogP contribution in [-0.4, -0.2) is 26.3 Å². The van der Waals surface area contributed by atoms with Gasteiger partial charge in [-0.05, 0) is 26.7 Å². The van der Waals surface area contributed by atoms with Gasteiger partial charge in [0, 0.05) is 12.5 Å². The Morgan fingerprint density at radius 1 is 1.61 bits per heavy atom. The molecule has 1 aromatic rings. The van der Waals surface area contributed by atoms with Crippen molar-refractivity contribution in [1.29, 1.82) is 10.5 Å². The first-order valence-electron chi connectivity index (χ1n) is 6.06. The molecule has 1 aromatic heterocycles. The lowest BCUT2D eigenvalue weighted by molar-refractivity contribution is 0.330. The molecule has 0 aromatic carbocycles. The molecule has 0 saturated heterocycles. The van der Waals surface area contributed by atoms with Gasteiger partial charge in [0.25, 0.3) is 5.82 Å². The molecule has 0 bridgehead atoms. The highest BCUT2D eigenvalue weighted by Gasteiger charge is 2.34. The van der Waals surface area contributed by atoms with Gasteiger partial charge in [-0.15, -0.1) is 5.10 Å². The SMILES string of the molecule is CC(CC(C)(C#N)NC1CC1)n1cnc(C#N)n1. The average Bonchev–Trinajstić information content (AvgIpc) is 3.01. The van der Waals surface area contributed by atoms with Gasteiger partial charge in [-0.1, -0.05) is 0 Å². The third kappa shape index (κ3) is 2.85. The van der Waals surface area contributed by atoms with Crippen molar-refractivity contribution < 1.29 is 0 Å². The Balaban J connectivity index is 2.02. The highest BCUT2D eigenvalue weighted by molar-refractivity contribution is 5.09. The molecule has 0 amide bonds. The lowest BCUT2D eigenvalue weighted by Crippen LogP contribution is -2.43. The van der Waals surface area contributed by atoms with Gasteiger partial charge in [-0.3, -0.25) is 5.32 Å². The molecule has 1 aliphatic carbocycles. The monoisotopic (exact) mass is 244 g/mol.